The average molecular weight is 253 g/mol. The Morgan fingerprint density at radius 2 is 2.33 bits per heavy atom. The first-order chi connectivity index (χ1) is 8.52. The fourth-order valence-corrected chi connectivity index (χ4v) is 1.77. The third-order valence-electron chi connectivity index (χ3n) is 3.13. The molecule has 0 saturated heterocycles. The van der Waals surface area contributed by atoms with Gasteiger partial charge in [0.2, 0.25) is 0 Å². The standard InChI is InChI=1S/C11H15N3O4/c1-11(9(15)16,7-2-3-7)13-10(17)12-6-8-4-5-18-14-8/h4-5,7H,2-3,6H2,1H3,(H,15,16)(H2,12,13,17). The van der Waals surface area contributed by atoms with Gasteiger partial charge in [-0.1, -0.05) is 5.16 Å². The van der Waals surface area contributed by atoms with Gasteiger partial charge in [0.05, 0.1) is 6.54 Å². The van der Waals surface area contributed by atoms with Crippen molar-refractivity contribution in [2.24, 2.45) is 5.92 Å². The van der Waals surface area contributed by atoms with Crippen LogP contribution in [0.4, 0.5) is 4.79 Å². The van der Waals surface area contributed by atoms with Gasteiger partial charge in [0.15, 0.2) is 0 Å². The molecule has 7 nitrogen and oxygen atoms in total. The van der Waals surface area contributed by atoms with Gasteiger partial charge in [-0.25, -0.2) is 9.59 Å². The predicted octanol–water partition coefficient (Wildman–Crippen LogP) is 0.727. The van der Waals surface area contributed by atoms with Gasteiger partial charge in [0.1, 0.15) is 17.5 Å². The van der Waals surface area contributed by atoms with Crippen molar-refractivity contribution in [3.63, 3.8) is 0 Å². The van der Waals surface area contributed by atoms with Crippen molar-refractivity contribution < 1.29 is 19.2 Å². The summed E-state index contributed by atoms with van der Waals surface area (Å²) < 4.78 is 4.62. The number of urea groups is 1. The number of carboxylic acid groups (broad SMARTS) is 1. The number of rotatable bonds is 5. The minimum atomic E-state index is -1.20. The molecule has 0 aliphatic heterocycles. The number of carboxylic acids is 1. The molecular weight excluding hydrogens is 238 g/mol. The monoisotopic (exact) mass is 253 g/mol. The second-order valence-electron chi connectivity index (χ2n) is 4.58. The molecule has 0 bridgehead atoms. The first kappa shape index (κ1) is 12.4. The Kier molecular flexibility index (Phi) is 3.22. The Bertz CT molecular complexity index is 441. The van der Waals surface area contributed by atoms with Crippen molar-refractivity contribution >= 4 is 12.0 Å². The van der Waals surface area contributed by atoms with E-state index in [0.717, 1.165) is 12.8 Å². The molecule has 7 heteroatoms. The Morgan fingerprint density at radius 3 is 2.83 bits per heavy atom. The number of carbonyl (C=O) groups is 2. The largest absolute Gasteiger partial charge is 0.480 e. The molecule has 1 unspecified atom stereocenters. The lowest BCUT2D eigenvalue weighted by atomic mass is 9.96. The Labute approximate surface area is 104 Å². The van der Waals surface area contributed by atoms with E-state index < -0.39 is 17.5 Å². The Morgan fingerprint density at radius 1 is 1.61 bits per heavy atom. The van der Waals surface area contributed by atoms with Crippen LogP contribution in [-0.4, -0.2) is 27.8 Å². The van der Waals surface area contributed by atoms with Gasteiger partial charge in [-0.15, -0.1) is 0 Å². The number of aromatic nitrogens is 1. The summed E-state index contributed by atoms with van der Waals surface area (Å²) in [5.41, 5.74) is -0.623. The van der Waals surface area contributed by atoms with E-state index in [-0.39, 0.29) is 12.5 Å². The molecule has 0 spiro atoms. The Hall–Kier alpha value is -2.05. The van der Waals surface area contributed by atoms with Gasteiger partial charge in [-0.3, -0.25) is 0 Å². The molecular formula is C11H15N3O4. The zero-order chi connectivity index (χ0) is 13.2. The smallest absolute Gasteiger partial charge is 0.329 e. The number of hydrogen-bond acceptors (Lipinski definition) is 4. The molecule has 0 aromatic carbocycles. The van der Waals surface area contributed by atoms with Crippen molar-refractivity contribution in [3.05, 3.63) is 18.0 Å². The zero-order valence-corrected chi connectivity index (χ0v) is 9.97. The quantitative estimate of drug-likeness (QED) is 0.717. The van der Waals surface area contributed by atoms with E-state index in [2.05, 4.69) is 20.3 Å². The topological polar surface area (TPSA) is 104 Å². The van der Waals surface area contributed by atoms with E-state index in [9.17, 15) is 14.7 Å². The summed E-state index contributed by atoms with van der Waals surface area (Å²) in [6.07, 6.45) is 3.05. The maximum atomic E-state index is 11.6. The van der Waals surface area contributed by atoms with Crippen molar-refractivity contribution in [1.29, 1.82) is 0 Å². The number of nitrogens with one attached hydrogen (secondary N) is 2. The molecule has 1 aliphatic carbocycles. The normalized spacial score (nSPS) is 17.8. The van der Waals surface area contributed by atoms with E-state index in [4.69, 9.17) is 0 Å². The van der Waals surface area contributed by atoms with Crippen LogP contribution in [0.2, 0.25) is 0 Å². The maximum absolute atomic E-state index is 11.6. The summed E-state index contributed by atoms with van der Waals surface area (Å²) >= 11 is 0. The van der Waals surface area contributed by atoms with Crippen LogP contribution < -0.4 is 10.6 Å². The molecule has 98 valence electrons. The van der Waals surface area contributed by atoms with Crippen molar-refractivity contribution in [2.75, 3.05) is 0 Å². The van der Waals surface area contributed by atoms with Crippen molar-refractivity contribution in [3.8, 4) is 0 Å². The van der Waals surface area contributed by atoms with Gasteiger partial charge in [0, 0.05) is 6.07 Å². The summed E-state index contributed by atoms with van der Waals surface area (Å²) in [7, 11) is 0. The third-order valence-corrected chi connectivity index (χ3v) is 3.13. The summed E-state index contributed by atoms with van der Waals surface area (Å²) in [6, 6.07) is 1.10. The molecule has 1 aromatic heterocycles. The SMILES string of the molecule is CC(NC(=O)NCc1ccon1)(C(=O)O)C1CC1. The summed E-state index contributed by atoms with van der Waals surface area (Å²) in [5.74, 6) is -1.01. The molecule has 1 atom stereocenters. The van der Waals surface area contributed by atoms with E-state index in [1.54, 1.807) is 6.07 Å². The average Bonchev–Trinajstić information content (AvgIpc) is 3.04. The molecule has 1 heterocycles. The van der Waals surface area contributed by atoms with Gasteiger partial charge in [-0.2, -0.15) is 0 Å². The minimum absolute atomic E-state index is 0.00722. The first-order valence-electron chi connectivity index (χ1n) is 5.71. The Balaban J connectivity index is 1.87. The van der Waals surface area contributed by atoms with Gasteiger partial charge in [-0.05, 0) is 25.7 Å². The molecule has 2 amide bonds. The molecule has 1 saturated carbocycles. The van der Waals surface area contributed by atoms with Crippen LogP contribution in [0.3, 0.4) is 0 Å². The minimum Gasteiger partial charge on any atom is -0.480 e. The van der Waals surface area contributed by atoms with Gasteiger partial charge >= 0.3 is 12.0 Å². The fourth-order valence-electron chi connectivity index (χ4n) is 1.77. The lowest BCUT2D eigenvalue weighted by molar-refractivity contribution is -0.144. The van der Waals surface area contributed by atoms with Crippen LogP contribution in [-0.2, 0) is 11.3 Å². The maximum Gasteiger partial charge on any atom is 0.329 e. The van der Waals surface area contributed by atoms with Crippen LogP contribution in [0.1, 0.15) is 25.5 Å². The second-order valence-corrected chi connectivity index (χ2v) is 4.58. The van der Waals surface area contributed by atoms with E-state index in [1.807, 2.05) is 0 Å². The van der Waals surface area contributed by atoms with Gasteiger partial charge in [0.25, 0.3) is 0 Å². The van der Waals surface area contributed by atoms with Crippen LogP contribution in [0.25, 0.3) is 0 Å². The number of aliphatic carboxylic acids is 1. The van der Waals surface area contributed by atoms with Crippen molar-refractivity contribution in [1.82, 2.24) is 15.8 Å². The zero-order valence-electron chi connectivity index (χ0n) is 9.97. The highest BCUT2D eigenvalue weighted by Gasteiger charge is 2.48. The lowest BCUT2D eigenvalue weighted by Crippen LogP contribution is -2.56. The lowest BCUT2D eigenvalue weighted by Gasteiger charge is -2.26. The van der Waals surface area contributed by atoms with E-state index in [0.29, 0.717) is 5.69 Å². The van der Waals surface area contributed by atoms with Crippen LogP contribution in [0.5, 0.6) is 0 Å². The van der Waals surface area contributed by atoms with Crippen LogP contribution in [0.15, 0.2) is 16.9 Å². The third kappa shape index (κ3) is 2.61. The highest BCUT2D eigenvalue weighted by atomic mass is 16.5. The fraction of sp³-hybridized carbons (Fsp3) is 0.545. The number of hydrogen-bond donors (Lipinski definition) is 3. The predicted molar refractivity (Wildman–Crippen MR) is 60.6 cm³/mol. The molecule has 1 aliphatic rings. The highest BCUT2D eigenvalue weighted by molar-refractivity contribution is 5.86. The molecule has 1 fully saturated rings. The molecule has 2 rings (SSSR count). The van der Waals surface area contributed by atoms with Crippen LogP contribution in [0, 0.1) is 5.92 Å². The molecule has 0 radical (unpaired) electrons. The first-order valence-corrected chi connectivity index (χ1v) is 5.71. The second kappa shape index (κ2) is 4.67. The van der Waals surface area contributed by atoms with Gasteiger partial charge < -0.3 is 20.3 Å². The summed E-state index contributed by atoms with van der Waals surface area (Å²) in [4.78, 5) is 22.8. The van der Waals surface area contributed by atoms with E-state index in [1.165, 1.54) is 13.2 Å². The number of nitrogens with zero attached hydrogens (tertiary/aromatic N) is 1. The molecule has 3 N–H and O–H groups in total. The van der Waals surface area contributed by atoms with E-state index >= 15 is 0 Å². The summed E-state index contributed by atoms with van der Waals surface area (Å²) in [5, 5.41) is 17.9. The highest BCUT2D eigenvalue weighted by Crippen LogP contribution is 2.39. The molecule has 1 aromatic rings. The number of amides is 2. The molecule has 18 heavy (non-hydrogen) atoms. The summed E-state index contributed by atoms with van der Waals surface area (Å²) in [6.45, 7) is 1.73. The van der Waals surface area contributed by atoms with Crippen LogP contribution >= 0.6 is 0 Å². The number of carbonyl (C=O) groups excluding carboxylic acids is 1. The van der Waals surface area contributed by atoms with Crippen molar-refractivity contribution in [2.45, 2.75) is 31.8 Å².